The zero-order chi connectivity index (χ0) is 16.7. The maximum Gasteiger partial charge on any atom is 0.294 e. The van der Waals surface area contributed by atoms with Crippen molar-refractivity contribution in [3.63, 3.8) is 0 Å². The van der Waals surface area contributed by atoms with Gasteiger partial charge in [-0.3, -0.25) is 9.59 Å². The van der Waals surface area contributed by atoms with E-state index in [9.17, 15) is 9.59 Å². The molecule has 120 valence electrons. The van der Waals surface area contributed by atoms with Crippen LogP contribution in [0.25, 0.3) is 11.0 Å². The van der Waals surface area contributed by atoms with Gasteiger partial charge < -0.3 is 9.32 Å². The first-order chi connectivity index (χ1) is 11.6. The van der Waals surface area contributed by atoms with Gasteiger partial charge in [0.2, 0.25) is 0 Å². The summed E-state index contributed by atoms with van der Waals surface area (Å²) in [5, 5.41) is 0.505. The van der Waals surface area contributed by atoms with Crippen molar-refractivity contribution in [3.05, 3.63) is 75.6 Å². The highest BCUT2D eigenvalue weighted by atomic mass is 16.3. The molecule has 3 aromatic rings. The lowest BCUT2D eigenvalue weighted by atomic mass is 10.0. The molecule has 0 saturated heterocycles. The van der Waals surface area contributed by atoms with E-state index in [0.717, 1.165) is 29.7 Å². The Balaban J connectivity index is 1.80. The van der Waals surface area contributed by atoms with Crippen LogP contribution in [-0.2, 0) is 6.42 Å². The van der Waals surface area contributed by atoms with Gasteiger partial charge in [-0.25, -0.2) is 0 Å². The van der Waals surface area contributed by atoms with Crippen LogP contribution in [0.2, 0.25) is 0 Å². The Morgan fingerprint density at radius 2 is 1.96 bits per heavy atom. The van der Waals surface area contributed by atoms with Gasteiger partial charge >= 0.3 is 0 Å². The minimum atomic E-state index is -0.262. The highest BCUT2D eigenvalue weighted by Crippen LogP contribution is 2.28. The molecule has 0 atom stereocenters. The number of benzene rings is 2. The Kier molecular flexibility index (Phi) is 3.45. The summed E-state index contributed by atoms with van der Waals surface area (Å²) < 4.78 is 5.74. The van der Waals surface area contributed by atoms with Gasteiger partial charge in [-0.2, -0.15) is 0 Å². The fraction of sp³-hybridized carbons (Fsp3) is 0.200. The van der Waals surface area contributed by atoms with E-state index in [4.69, 9.17) is 4.42 Å². The Morgan fingerprint density at radius 1 is 1.12 bits per heavy atom. The minimum absolute atomic E-state index is 0.0908. The summed E-state index contributed by atoms with van der Waals surface area (Å²) in [7, 11) is 0. The molecule has 2 aromatic carbocycles. The SMILES string of the molecule is Cc1ccc2oc(C(=O)N3CCCc4ccccc43)cc(=O)c2c1. The van der Waals surface area contributed by atoms with Crippen molar-refractivity contribution in [2.75, 3.05) is 11.4 Å². The summed E-state index contributed by atoms with van der Waals surface area (Å²) in [4.78, 5) is 27.0. The second-order valence-corrected chi connectivity index (χ2v) is 6.16. The molecule has 0 N–H and O–H groups in total. The lowest BCUT2D eigenvalue weighted by Gasteiger charge is -2.28. The van der Waals surface area contributed by atoms with E-state index in [-0.39, 0.29) is 17.1 Å². The smallest absolute Gasteiger partial charge is 0.294 e. The number of aryl methyl sites for hydroxylation is 2. The molecule has 4 nitrogen and oxygen atoms in total. The molecule has 0 spiro atoms. The van der Waals surface area contributed by atoms with Gasteiger partial charge in [-0.15, -0.1) is 0 Å². The molecule has 0 saturated carbocycles. The number of para-hydroxylation sites is 1. The van der Waals surface area contributed by atoms with Crippen LogP contribution in [0.15, 0.2) is 57.7 Å². The van der Waals surface area contributed by atoms with Crippen LogP contribution in [0.4, 0.5) is 5.69 Å². The van der Waals surface area contributed by atoms with E-state index < -0.39 is 0 Å². The molecule has 4 heteroatoms. The van der Waals surface area contributed by atoms with Gasteiger partial charge in [0.15, 0.2) is 11.2 Å². The van der Waals surface area contributed by atoms with Crippen LogP contribution in [0.1, 0.15) is 28.1 Å². The molecule has 0 aliphatic carbocycles. The number of anilines is 1. The molecule has 1 aliphatic heterocycles. The second kappa shape index (κ2) is 5.64. The number of rotatable bonds is 1. The number of amides is 1. The molecule has 0 radical (unpaired) electrons. The first kappa shape index (κ1) is 14.7. The average Bonchev–Trinajstić information content (AvgIpc) is 2.61. The maximum absolute atomic E-state index is 12.9. The highest BCUT2D eigenvalue weighted by molar-refractivity contribution is 6.05. The third kappa shape index (κ3) is 2.40. The van der Waals surface area contributed by atoms with Crippen LogP contribution in [0.5, 0.6) is 0 Å². The third-order valence-corrected chi connectivity index (χ3v) is 4.45. The predicted molar refractivity (Wildman–Crippen MR) is 93.7 cm³/mol. The van der Waals surface area contributed by atoms with Gasteiger partial charge in [0.1, 0.15) is 5.58 Å². The summed E-state index contributed by atoms with van der Waals surface area (Å²) in [5.74, 6) is -0.171. The molecule has 0 bridgehead atoms. The molecular formula is C20H17NO3. The number of carbonyl (C=O) groups is 1. The van der Waals surface area contributed by atoms with E-state index in [1.165, 1.54) is 6.07 Å². The predicted octanol–water partition coefficient (Wildman–Crippen LogP) is 3.69. The molecular weight excluding hydrogens is 302 g/mol. The Morgan fingerprint density at radius 3 is 2.83 bits per heavy atom. The highest BCUT2D eigenvalue weighted by Gasteiger charge is 2.25. The number of hydrogen-bond acceptors (Lipinski definition) is 3. The number of carbonyl (C=O) groups excluding carboxylic acids is 1. The standard InChI is InChI=1S/C20H17NO3/c1-13-8-9-18-15(11-13)17(22)12-19(24-18)20(23)21-10-4-6-14-5-2-3-7-16(14)21/h2-3,5,7-9,11-12H,4,6,10H2,1H3. The Labute approximate surface area is 139 Å². The largest absolute Gasteiger partial charge is 0.451 e. The van der Waals surface area contributed by atoms with Crippen molar-refractivity contribution in [2.45, 2.75) is 19.8 Å². The number of nitrogens with zero attached hydrogens (tertiary/aromatic N) is 1. The van der Waals surface area contributed by atoms with Crippen LogP contribution < -0.4 is 10.3 Å². The summed E-state index contributed by atoms with van der Waals surface area (Å²) in [6.07, 6.45) is 1.86. The monoisotopic (exact) mass is 319 g/mol. The summed E-state index contributed by atoms with van der Waals surface area (Å²) in [6.45, 7) is 2.55. The number of fused-ring (bicyclic) bond motifs is 2. The van der Waals surface area contributed by atoms with E-state index in [0.29, 0.717) is 17.5 Å². The molecule has 0 unspecified atom stereocenters. The summed E-state index contributed by atoms with van der Waals surface area (Å²) in [6, 6.07) is 14.6. The molecule has 24 heavy (non-hydrogen) atoms. The summed E-state index contributed by atoms with van der Waals surface area (Å²) in [5.41, 5.74) is 3.30. The van der Waals surface area contributed by atoms with Gasteiger partial charge in [0.25, 0.3) is 5.91 Å². The molecule has 2 heterocycles. The van der Waals surface area contributed by atoms with Crippen LogP contribution in [0.3, 0.4) is 0 Å². The zero-order valence-corrected chi connectivity index (χ0v) is 13.4. The van der Waals surface area contributed by atoms with Crippen molar-refractivity contribution >= 4 is 22.6 Å². The molecule has 1 aliphatic rings. The Bertz CT molecular complexity index is 1000. The van der Waals surface area contributed by atoms with Crippen LogP contribution >= 0.6 is 0 Å². The van der Waals surface area contributed by atoms with Crippen molar-refractivity contribution in [1.29, 1.82) is 0 Å². The summed E-state index contributed by atoms with van der Waals surface area (Å²) >= 11 is 0. The molecule has 1 amide bonds. The fourth-order valence-electron chi connectivity index (χ4n) is 3.25. The number of hydrogen-bond donors (Lipinski definition) is 0. The lowest BCUT2D eigenvalue weighted by Crippen LogP contribution is -2.35. The van der Waals surface area contributed by atoms with Gasteiger partial charge in [0.05, 0.1) is 5.39 Å². The van der Waals surface area contributed by atoms with Crippen molar-refractivity contribution in [2.24, 2.45) is 0 Å². The fourth-order valence-corrected chi connectivity index (χ4v) is 3.25. The van der Waals surface area contributed by atoms with E-state index in [1.807, 2.05) is 37.3 Å². The van der Waals surface area contributed by atoms with Gasteiger partial charge in [0, 0.05) is 18.3 Å². The topological polar surface area (TPSA) is 50.5 Å². The van der Waals surface area contributed by atoms with Gasteiger partial charge in [-0.05, 0) is 43.5 Å². The first-order valence-corrected chi connectivity index (χ1v) is 8.08. The molecule has 0 fully saturated rings. The minimum Gasteiger partial charge on any atom is -0.451 e. The Hall–Kier alpha value is -2.88. The van der Waals surface area contributed by atoms with E-state index in [1.54, 1.807) is 17.0 Å². The van der Waals surface area contributed by atoms with Crippen molar-refractivity contribution < 1.29 is 9.21 Å². The molecule has 1 aromatic heterocycles. The molecule has 4 rings (SSSR count). The van der Waals surface area contributed by atoms with Crippen molar-refractivity contribution in [3.8, 4) is 0 Å². The quantitative estimate of drug-likeness (QED) is 0.687. The van der Waals surface area contributed by atoms with Gasteiger partial charge in [-0.1, -0.05) is 29.8 Å². The van der Waals surface area contributed by atoms with Crippen LogP contribution in [0, 0.1) is 6.92 Å². The normalized spacial score (nSPS) is 13.8. The average molecular weight is 319 g/mol. The van der Waals surface area contributed by atoms with Crippen molar-refractivity contribution in [1.82, 2.24) is 0 Å². The lowest BCUT2D eigenvalue weighted by molar-refractivity contribution is 0.0959. The van der Waals surface area contributed by atoms with E-state index >= 15 is 0 Å². The third-order valence-electron chi connectivity index (χ3n) is 4.45. The maximum atomic E-state index is 12.9. The second-order valence-electron chi connectivity index (χ2n) is 6.16. The van der Waals surface area contributed by atoms with Crippen LogP contribution in [-0.4, -0.2) is 12.5 Å². The van der Waals surface area contributed by atoms with E-state index in [2.05, 4.69) is 0 Å². The first-order valence-electron chi connectivity index (χ1n) is 8.08. The zero-order valence-electron chi connectivity index (χ0n) is 13.4.